The molecule has 2 unspecified atom stereocenters. The van der Waals surface area contributed by atoms with Gasteiger partial charge in [0, 0.05) is 30.8 Å². The molecule has 6 nitrogen and oxygen atoms in total. The molecule has 0 aromatic heterocycles. The van der Waals surface area contributed by atoms with E-state index >= 15 is 0 Å². The number of methoxy groups -OCH3 is 1. The Bertz CT molecular complexity index is 471. The third kappa shape index (κ3) is 4.71. The average molecular weight is 367 g/mol. The van der Waals surface area contributed by atoms with Crippen molar-refractivity contribution >= 4 is 17.2 Å². The standard InChI is InChI=1S/C15H26F2N2O4S/c1-14(16,17)11-12(13(20)23-2)19(24(21)22)18-9-7-15(8-10-18)5-3-4-6-15/h12H,3-11H2,1-2H3,(H,21,22)/p-1. The molecule has 0 bridgehead atoms. The van der Waals surface area contributed by atoms with E-state index < -0.39 is 35.6 Å². The normalized spacial score (nSPS) is 24.2. The summed E-state index contributed by atoms with van der Waals surface area (Å²) in [4.78, 5) is 11.9. The second-order valence-electron chi connectivity index (χ2n) is 6.99. The predicted molar refractivity (Wildman–Crippen MR) is 83.5 cm³/mol. The van der Waals surface area contributed by atoms with Crippen LogP contribution in [0.25, 0.3) is 0 Å². The number of esters is 1. The smallest absolute Gasteiger partial charge is 0.325 e. The van der Waals surface area contributed by atoms with Gasteiger partial charge < -0.3 is 9.29 Å². The summed E-state index contributed by atoms with van der Waals surface area (Å²) in [5.74, 6) is -4.15. The number of carbonyl (C=O) groups is 1. The molecule has 140 valence electrons. The lowest BCUT2D eigenvalue weighted by Gasteiger charge is -2.46. The lowest BCUT2D eigenvalue weighted by atomic mass is 9.77. The highest BCUT2D eigenvalue weighted by molar-refractivity contribution is 7.76. The summed E-state index contributed by atoms with van der Waals surface area (Å²) in [6, 6.07) is -1.55. The van der Waals surface area contributed by atoms with Crippen molar-refractivity contribution < 1.29 is 27.1 Å². The Labute approximate surface area is 143 Å². The zero-order valence-electron chi connectivity index (χ0n) is 14.1. The third-order valence-electron chi connectivity index (χ3n) is 5.19. The van der Waals surface area contributed by atoms with Crippen LogP contribution in [-0.2, 0) is 20.8 Å². The van der Waals surface area contributed by atoms with Crippen molar-refractivity contribution in [2.24, 2.45) is 5.41 Å². The van der Waals surface area contributed by atoms with Gasteiger partial charge in [0.1, 0.15) is 6.04 Å². The fourth-order valence-corrected chi connectivity index (χ4v) is 4.63. The van der Waals surface area contributed by atoms with E-state index in [-0.39, 0.29) is 5.41 Å². The summed E-state index contributed by atoms with van der Waals surface area (Å²) in [7, 11) is 1.07. The number of hydrogen-bond donors (Lipinski definition) is 0. The Morgan fingerprint density at radius 3 is 2.29 bits per heavy atom. The Balaban J connectivity index is 2.14. The van der Waals surface area contributed by atoms with E-state index in [1.54, 1.807) is 0 Å². The lowest BCUT2D eigenvalue weighted by molar-refractivity contribution is -0.156. The Kier molecular flexibility index (Phi) is 6.33. The van der Waals surface area contributed by atoms with Gasteiger partial charge in [-0.3, -0.25) is 9.00 Å². The number of nitrogens with zero attached hydrogens (tertiary/aromatic N) is 2. The Morgan fingerprint density at radius 1 is 1.33 bits per heavy atom. The van der Waals surface area contributed by atoms with E-state index in [0.29, 0.717) is 20.0 Å². The molecule has 0 aromatic rings. The SMILES string of the molecule is COC(=O)C(CC(C)(F)F)N(N1CCC2(CCCC2)CC1)S(=O)[O-]. The third-order valence-corrected chi connectivity index (χ3v) is 5.98. The van der Waals surface area contributed by atoms with Crippen LogP contribution >= 0.6 is 0 Å². The molecule has 1 heterocycles. The molecule has 1 spiro atoms. The minimum Gasteiger partial charge on any atom is -0.759 e. The zero-order valence-corrected chi connectivity index (χ0v) is 14.9. The molecule has 0 radical (unpaired) electrons. The molecule has 0 aromatic carbocycles. The van der Waals surface area contributed by atoms with Gasteiger partial charge in [-0.15, -0.1) is 0 Å². The highest BCUT2D eigenvalue weighted by Gasteiger charge is 2.43. The van der Waals surface area contributed by atoms with Gasteiger partial charge in [0.2, 0.25) is 5.92 Å². The summed E-state index contributed by atoms with van der Waals surface area (Å²) < 4.78 is 55.6. The van der Waals surface area contributed by atoms with Crippen LogP contribution in [0.1, 0.15) is 51.9 Å². The maximum Gasteiger partial charge on any atom is 0.325 e. The summed E-state index contributed by atoms with van der Waals surface area (Å²) in [6.07, 6.45) is 5.36. The lowest BCUT2D eigenvalue weighted by Crippen LogP contribution is -2.57. The fraction of sp³-hybridized carbons (Fsp3) is 0.933. The molecule has 0 amide bonds. The van der Waals surface area contributed by atoms with Gasteiger partial charge in [0.05, 0.1) is 7.11 Å². The van der Waals surface area contributed by atoms with Gasteiger partial charge >= 0.3 is 5.97 Å². The molecule has 2 aliphatic rings. The maximum atomic E-state index is 13.4. The van der Waals surface area contributed by atoms with E-state index in [9.17, 15) is 22.3 Å². The molecule has 24 heavy (non-hydrogen) atoms. The number of carbonyl (C=O) groups excluding carboxylic acids is 1. The molecule has 2 rings (SSSR count). The summed E-state index contributed by atoms with van der Waals surface area (Å²) in [5.41, 5.74) is 0.252. The van der Waals surface area contributed by atoms with Crippen molar-refractivity contribution in [3.63, 3.8) is 0 Å². The predicted octanol–water partition coefficient (Wildman–Crippen LogP) is 2.24. The van der Waals surface area contributed by atoms with Crippen LogP contribution in [0.4, 0.5) is 8.78 Å². The van der Waals surface area contributed by atoms with Gasteiger partial charge in [-0.1, -0.05) is 12.8 Å². The molecule has 2 fully saturated rings. The first-order valence-electron chi connectivity index (χ1n) is 8.27. The van der Waals surface area contributed by atoms with Crippen LogP contribution < -0.4 is 0 Å². The molecule has 0 N–H and O–H groups in total. The van der Waals surface area contributed by atoms with Crippen LogP contribution in [0.3, 0.4) is 0 Å². The van der Waals surface area contributed by atoms with Crippen molar-refractivity contribution in [3.8, 4) is 0 Å². The molecule has 2 atom stereocenters. The van der Waals surface area contributed by atoms with Gasteiger partial charge in [-0.25, -0.2) is 13.8 Å². The van der Waals surface area contributed by atoms with Gasteiger partial charge in [0.25, 0.3) is 0 Å². The number of halogens is 2. The minimum absolute atomic E-state index is 0.252. The summed E-state index contributed by atoms with van der Waals surface area (Å²) >= 11 is -2.83. The molecule has 1 aliphatic heterocycles. The van der Waals surface area contributed by atoms with Gasteiger partial charge in [-0.2, -0.15) is 4.41 Å². The molecular weight excluding hydrogens is 342 g/mol. The quantitative estimate of drug-likeness (QED) is 0.532. The van der Waals surface area contributed by atoms with Crippen LogP contribution in [0.2, 0.25) is 0 Å². The van der Waals surface area contributed by atoms with E-state index in [0.717, 1.165) is 37.2 Å². The number of rotatable bonds is 6. The van der Waals surface area contributed by atoms with Crippen LogP contribution in [0, 0.1) is 5.41 Å². The summed E-state index contributed by atoms with van der Waals surface area (Å²) in [5, 5.41) is 1.50. The number of alkyl halides is 2. The number of hydrogen-bond acceptors (Lipinski definition) is 5. The Hall–Kier alpha value is -0.640. The van der Waals surface area contributed by atoms with Crippen molar-refractivity contribution in [1.29, 1.82) is 0 Å². The second kappa shape index (κ2) is 7.72. The largest absolute Gasteiger partial charge is 0.759 e. The van der Waals surface area contributed by atoms with E-state index in [2.05, 4.69) is 4.74 Å². The van der Waals surface area contributed by atoms with Gasteiger partial charge in [-0.05, 0) is 38.0 Å². The molecule has 1 saturated heterocycles. The zero-order chi connectivity index (χ0) is 18.0. The number of hydrazine groups is 1. The first-order valence-corrected chi connectivity index (χ1v) is 9.30. The fourth-order valence-electron chi connectivity index (χ4n) is 3.91. The number of ether oxygens (including phenoxy) is 1. The van der Waals surface area contributed by atoms with Crippen LogP contribution in [-0.4, -0.2) is 56.3 Å². The van der Waals surface area contributed by atoms with Gasteiger partial charge in [0.15, 0.2) is 0 Å². The average Bonchev–Trinajstić information content (AvgIpc) is 2.94. The molecule has 1 saturated carbocycles. The highest BCUT2D eigenvalue weighted by atomic mass is 32.2. The summed E-state index contributed by atoms with van der Waals surface area (Å²) in [6.45, 7) is 1.55. The minimum atomic E-state index is -3.18. The van der Waals surface area contributed by atoms with Crippen LogP contribution in [0.5, 0.6) is 0 Å². The van der Waals surface area contributed by atoms with Crippen LogP contribution in [0.15, 0.2) is 0 Å². The van der Waals surface area contributed by atoms with Crippen molar-refractivity contribution in [2.75, 3.05) is 20.2 Å². The monoisotopic (exact) mass is 367 g/mol. The second-order valence-corrected chi connectivity index (χ2v) is 7.80. The van der Waals surface area contributed by atoms with E-state index in [4.69, 9.17) is 0 Å². The molecular formula is C15H25F2N2O4S-. The van der Waals surface area contributed by atoms with Crippen molar-refractivity contribution in [3.05, 3.63) is 0 Å². The number of piperidine rings is 1. The molecule has 1 aliphatic carbocycles. The Morgan fingerprint density at radius 2 is 1.88 bits per heavy atom. The highest BCUT2D eigenvalue weighted by Crippen LogP contribution is 2.46. The first kappa shape index (κ1) is 19.7. The maximum absolute atomic E-state index is 13.4. The van der Waals surface area contributed by atoms with E-state index in [1.165, 1.54) is 17.9 Å². The first-order chi connectivity index (χ1) is 11.2. The van der Waals surface area contributed by atoms with E-state index in [1.807, 2.05) is 0 Å². The van der Waals surface area contributed by atoms with Crippen molar-refractivity contribution in [1.82, 2.24) is 9.42 Å². The van der Waals surface area contributed by atoms with Crippen molar-refractivity contribution in [2.45, 2.75) is 63.8 Å². The topological polar surface area (TPSA) is 72.9 Å². The molecule has 9 heteroatoms.